The Hall–Kier alpha value is -2.60. The van der Waals surface area contributed by atoms with Crippen LogP contribution in [-0.4, -0.2) is 20.7 Å². The molecule has 0 aliphatic rings. The summed E-state index contributed by atoms with van der Waals surface area (Å²) in [5.74, 6) is 0.176. The van der Waals surface area contributed by atoms with Crippen LogP contribution in [0.25, 0.3) is 10.9 Å². The van der Waals surface area contributed by atoms with Gasteiger partial charge in [0.15, 0.2) is 5.16 Å². The lowest BCUT2D eigenvalue weighted by Gasteiger charge is -2.18. The van der Waals surface area contributed by atoms with Crippen LogP contribution in [0.2, 0.25) is 0 Å². The predicted molar refractivity (Wildman–Crippen MR) is 121 cm³/mol. The van der Waals surface area contributed by atoms with Crippen LogP contribution < -0.4 is 10.9 Å². The lowest BCUT2D eigenvalue weighted by atomic mass is 10.1. The first kappa shape index (κ1) is 21.1. The van der Waals surface area contributed by atoms with Crippen molar-refractivity contribution in [3.05, 3.63) is 63.9 Å². The summed E-state index contributed by atoms with van der Waals surface area (Å²) in [7, 11) is 0. The number of benzene rings is 2. The second-order valence-electron chi connectivity index (χ2n) is 7.79. The lowest BCUT2D eigenvalue weighted by Crippen LogP contribution is -2.28. The molecular formula is C23H27N3O2S. The van der Waals surface area contributed by atoms with Crippen LogP contribution in [0.5, 0.6) is 0 Å². The zero-order valence-electron chi connectivity index (χ0n) is 17.5. The highest BCUT2D eigenvalue weighted by Gasteiger charge is 2.20. The molecule has 3 rings (SSSR count). The highest BCUT2D eigenvalue weighted by atomic mass is 32.2. The molecule has 0 saturated carbocycles. The number of nitrogens with one attached hydrogen (secondary N) is 1. The molecule has 1 heterocycles. The smallest absolute Gasteiger partial charge is 0.262 e. The Labute approximate surface area is 175 Å². The third-order valence-electron chi connectivity index (χ3n) is 4.67. The van der Waals surface area contributed by atoms with Gasteiger partial charge >= 0.3 is 0 Å². The van der Waals surface area contributed by atoms with Crippen molar-refractivity contribution in [1.82, 2.24) is 9.55 Å². The molecule has 1 N–H and O–H groups in total. The molecule has 0 fully saturated rings. The highest BCUT2D eigenvalue weighted by molar-refractivity contribution is 8.00. The summed E-state index contributed by atoms with van der Waals surface area (Å²) >= 11 is 1.32. The third kappa shape index (κ3) is 4.88. The van der Waals surface area contributed by atoms with Gasteiger partial charge in [-0.1, -0.05) is 55.4 Å². The fraction of sp³-hybridized carbons (Fsp3) is 0.348. The van der Waals surface area contributed by atoms with Gasteiger partial charge in [-0.25, -0.2) is 4.98 Å². The molecule has 2 aromatic carbocycles. The minimum atomic E-state index is -0.401. The monoisotopic (exact) mass is 409 g/mol. The number of anilines is 1. The van der Waals surface area contributed by atoms with Gasteiger partial charge in [-0.3, -0.25) is 14.2 Å². The standard InChI is InChI=1S/C23H27N3O2S/c1-14(2)13-26-22(28)18-8-6-7-9-20(18)25-23(26)29-17(5)21(27)24-19-11-10-15(3)12-16(19)4/h6-12,14,17H,13H2,1-5H3,(H,24,27)/t17-/m1/s1. The third-order valence-corrected chi connectivity index (χ3v) is 5.76. The minimum Gasteiger partial charge on any atom is -0.325 e. The van der Waals surface area contributed by atoms with Crippen molar-refractivity contribution in [1.29, 1.82) is 0 Å². The van der Waals surface area contributed by atoms with E-state index in [1.807, 2.05) is 57.2 Å². The second kappa shape index (κ2) is 8.82. The second-order valence-corrected chi connectivity index (χ2v) is 9.10. The number of fused-ring (bicyclic) bond motifs is 1. The molecule has 3 aromatic rings. The molecule has 5 nitrogen and oxygen atoms in total. The molecule has 1 atom stereocenters. The Morgan fingerprint density at radius 3 is 2.55 bits per heavy atom. The van der Waals surface area contributed by atoms with E-state index in [0.29, 0.717) is 22.6 Å². The van der Waals surface area contributed by atoms with E-state index in [0.717, 1.165) is 16.8 Å². The number of nitrogens with zero attached hydrogens (tertiary/aromatic N) is 2. The Balaban J connectivity index is 1.89. The maximum Gasteiger partial charge on any atom is 0.262 e. The fourth-order valence-corrected chi connectivity index (χ4v) is 4.08. The number of amides is 1. The molecule has 152 valence electrons. The van der Waals surface area contributed by atoms with E-state index in [-0.39, 0.29) is 17.4 Å². The SMILES string of the molecule is Cc1ccc(NC(=O)[C@@H](C)Sc2nc3ccccc3c(=O)n2CC(C)C)c(C)c1. The van der Waals surface area contributed by atoms with Crippen LogP contribution in [0.4, 0.5) is 5.69 Å². The number of carbonyl (C=O) groups excluding carboxylic acids is 1. The average Bonchev–Trinajstić information content (AvgIpc) is 2.66. The fourth-order valence-electron chi connectivity index (χ4n) is 3.16. The molecule has 6 heteroatoms. The van der Waals surface area contributed by atoms with Crippen LogP contribution >= 0.6 is 11.8 Å². The zero-order chi connectivity index (χ0) is 21.1. The first-order valence-corrected chi connectivity index (χ1v) is 10.7. The van der Waals surface area contributed by atoms with Crippen molar-refractivity contribution >= 4 is 34.3 Å². The summed E-state index contributed by atoms with van der Waals surface area (Å²) in [6.45, 7) is 10.5. The summed E-state index contributed by atoms with van der Waals surface area (Å²) < 4.78 is 1.69. The Bertz CT molecular complexity index is 1100. The zero-order valence-corrected chi connectivity index (χ0v) is 18.3. The van der Waals surface area contributed by atoms with Crippen LogP contribution in [0.1, 0.15) is 31.9 Å². The number of carbonyl (C=O) groups is 1. The van der Waals surface area contributed by atoms with Gasteiger partial charge in [0.1, 0.15) is 0 Å². The van der Waals surface area contributed by atoms with Gasteiger partial charge in [-0.05, 0) is 50.5 Å². The molecular weight excluding hydrogens is 382 g/mol. The molecule has 0 aliphatic heterocycles. The maximum absolute atomic E-state index is 13.0. The Kier molecular flexibility index (Phi) is 6.42. The van der Waals surface area contributed by atoms with E-state index < -0.39 is 5.25 Å². The van der Waals surface area contributed by atoms with Crippen molar-refractivity contribution in [3.8, 4) is 0 Å². The van der Waals surface area contributed by atoms with Gasteiger partial charge in [-0.15, -0.1) is 0 Å². The van der Waals surface area contributed by atoms with Gasteiger partial charge in [0.05, 0.1) is 16.2 Å². The van der Waals surface area contributed by atoms with Gasteiger partial charge < -0.3 is 5.32 Å². The van der Waals surface area contributed by atoms with Crippen molar-refractivity contribution in [2.24, 2.45) is 5.92 Å². The van der Waals surface area contributed by atoms with Crippen LogP contribution in [0.15, 0.2) is 52.4 Å². The molecule has 0 unspecified atom stereocenters. The molecule has 0 bridgehead atoms. The van der Waals surface area contributed by atoms with E-state index in [4.69, 9.17) is 4.98 Å². The van der Waals surface area contributed by atoms with Gasteiger partial charge in [0.25, 0.3) is 5.56 Å². The van der Waals surface area contributed by atoms with E-state index in [2.05, 4.69) is 19.2 Å². The first-order chi connectivity index (χ1) is 13.8. The molecule has 0 saturated heterocycles. The lowest BCUT2D eigenvalue weighted by molar-refractivity contribution is -0.115. The molecule has 0 aliphatic carbocycles. The van der Waals surface area contributed by atoms with Crippen LogP contribution in [-0.2, 0) is 11.3 Å². The van der Waals surface area contributed by atoms with E-state index in [1.165, 1.54) is 11.8 Å². The number of hydrogen-bond acceptors (Lipinski definition) is 4. The van der Waals surface area contributed by atoms with Crippen molar-refractivity contribution in [2.75, 3.05) is 5.32 Å². The molecule has 0 spiro atoms. The first-order valence-electron chi connectivity index (χ1n) is 9.80. The molecule has 0 radical (unpaired) electrons. The number of aromatic nitrogens is 2. The van der Waals surface area contributed by atoms with Gasteiger partial charge in [0, 0.05) is 12.2 Å². The predicted octanol–water partition coefficient (Wildman–Crippen LogP) is 4.79. The summed E-state index contributed by atoms with van der Waals surface area (Å²) in [5, 5.41) is 3.77. The van der Waals surface area contributed by atoms with Crippen LogP contribution in [0, 0.1) is 19.8 Å². The van der Waals surface area contributed by atoms with Crippen molar-refractivity contribution in [3.63, 3.8) is 0 Å². The summed E-state index contributed by atoms with van der Waals surface area (Å²) in [6, 6.07) is 13.3. The molecule has 1 aromatic heterocycles. The van der Waals surface area contributed by atoms with E-state index in [9.17, 15) is 9.59 Å². The topological polar surface area (TPSA) is 64.0 Å². The van der Waals surface area contributed by atoms with E-state index in [1.54, 1.807) is 10.6 Å². The van der Waals surface area contributed by atoms with Crippen molar-refractivity contribution < 1.29 is 4.79 Å². The Morgan fingerprint density at radius 2 is 1.86 bits per heavy atom. The normalized spacial score (nSPS) is 12.3. The number of para-hydroxylation sites is 1. The summed E-state index contributed by atoms with van der Waals surface area (Å²) in [6.07, 6.45) is 0. The van der Waals surface area contributed by atoms with Crippen LogP contribution in [0.3, 0.4) is 0 Å². The number of rotatable bonds is 6. The summed E-state index contributed by atoms with van der Waals surface area (Å²) in [5.41, 5.74) is 3.58. The van der Waals surface area contributed by atoms with Gasteiger partial charge in [0.2, 0.25) is 5.91 Å². The Morgan fingerprint density at radius 1 is 1.14 bits per heavy atom. The van der Waals surface area contributed by atoms with Gasteiger partial charge in [-0.2, -0.15) is 0 Å². The highest BCUT2D eigenvalue weighted by Crippen LogP contribution is 2.25. The molecule has 1 amide bonds. The summed E-state index contributed by atoms with van der Waals surface area (Å²) in [4.78, 5) is 30.5. The maximum atomic E-state index is 13.0. The van der Waals surface area contributed by atoms with Crippen molar-refractivity contribution in [2.45, 2.75) is 51.6 Å². The minimum absolute atomic E-state index is 0.0613. The largest absolute Gasteiger partial charge is 0.325 e. The average molecular weight is 410 g/mol. The van der Waals surface area contributed by atoms with E-state index >= 15 is 0 Å². The quantitative estimate of drug-likeness (QED) is 0.470. The number of hydrogen-bond donors (Lipinski definition) is 1. The molecule has 29 heavy (non-hydrogen) atoms. The number of thioether (sulfide) groups is 1. The number of aryl methyl sites for hydroxylation is 2.